The third kappa shape index (κ3) is 3.21. The molecular weight excluding hydrogens is 202 g/mol. The van der Waals surface area contributed by atoms with Gasteiger partial charge in [0.1, 0.15) is 6.10 Å². The average molecular weight is 225 g/mol. The molecule has 1 heterocycles. The van der Waals surface area contributed by atoms with Crippen molar-refractivity contribution in [1.29, 1.82) is 0 Å². The van der Waals surface area contributed by atoms with Gasteiger partial charge in [-0.15, -0.1) is 0 Å². The largest absolute Gasteiger partial charge is 0.462 e. The highest BCUT2D eigenvalue weighted by atomic mass is 16.5. The van der Waals surface area contributed by atoms with Crippen LogP contribution in [-0.4, -0.2) is 25.2 Å². The number of hydrogen-bond donors (Lipinski definition) is 1. The van der Waals surface area contributed by atoms with E-state index in [1.807, 2.05) is 0 Å². The second-order valence-electron chi connectivity index (χ2n) is 5.36. The number of rotatable bonds is 2. The minimum Gasteiger partial charge on any atom is -0.462 e. The summed E-state index contributed by atoms with van der Waals surface area (Å²) in [5.74, 6) is 0.950. The van der Waals surface area contributed by atoms with E-state index in [2.05, 4.69) is 12.2 Å². The molecule has 92 valence electrons. The lowest BCUT2D eigenvalue weighted by Crippen LogP contribution is -2.37. The van der Waals surface area contributed by atoms with Crippen LogP contribution in [-0.2, 0) is 9.53 Å². The molecule has 1 N–H and O–H groups in total. The topological polar surface area (TPSA) is 38.3 Å². The van der Waals surface area contributed by atoms with E-state index in [0.29, 0.717) is 0 Å². The molecule has 0 radical (unpaired) electrons. The molecule has 0 bridgehead atoms. The summed E-state index contributed by atoms with van der Waals surface area (Å²) >= 11 is 0. The smallest absolute Gasteiger partial charge is 0.310 e. The van der Waals surface area contributed by atoms with Crippen molar-refractivity contribution in [3.8, 4) is 0 Å². The Morgan fingerprint density at radius 1 is 1.19 bits per heavy atom. The Hall–Kier alpha value is -0.570. The van der Waals surface area contributed by atoms with Gasteiger partial charge in [-0.1, -0.05) is 6.92 Å². The minimum atomic E-state index is 0.0340. The molecule has 2 rings (SSSR count). The fraction of sp³-hybridized carbons (Fsp3) is 0.923. The molecule has 0 aromatic carbocycles. The highest BCUT2D eigenvalue weighted by Gasteiger charge is 2.27. The summed E-state index contributed by atoms with van der Waals surface area (Å²) in [4.78, 5) is 11.9. The second-order valence-corrected chi connectivity index (χ2v) is 5.36. The number of ether oxygens (including phenoxy) is 1. The first-order chi connectivity index (χ1) is 7.75. The molecule has 0 aromatic heterocycles. The van der Waals surface area contributed by atoms with Gasteiger partial charge < -0.3 is 10.1 Å². The number of piperidine rings is 1. The van der Waals surface area contributed by atoms with Crippen molar-refractivity contribution < 1.29 is 9.53 Å². The minimum absolute atomic E-state index is 0.0340. The highest BCUT2D eigenvalue weighted by Crippen LogP contribution is 2.26. The number of esters is 1. The van der Waals surface area contributed by atoms with Crippen molar-refractivity contribution in [2.75, 3.05) is 13.1 Å². The number of nitrogens with one attached hydrogen (secondary N) is 1. The molecule has 2 aliphatic rings. The van der Waals surface area contributed by atoms with Gasteiger partial charge in [-0.2, -0.15) is 0 Å². The lowest BCUT2D eigenvalue weighted by Gasteiger charge is -2.28. The van der Waals surface area contributed by atoms with Gasteiger partial charge in [0, 0.05) is 6.54 Å². The first kappa shape index (κ1) is 11.9. The Labute approximate surface area is 97.9 Å². The molecule has 3 nitrogen and oxygen atoms in total. The van der Waals surface area contributed by atoms with E-state index in [4.69, 9.17) is 4.74 Å². The monoisotopic (exact) mass is 225 g/mol. The van der Waals surface area contributed by atoms with Crippen LogP contribution < -0.4 is 5.32 Å². The summed E-state index contributed by atoms with van der Waals surface area (Å²) in [6.07, 6.45) is 6.84. The van der Waals surface area contributed by atoms with Crippen LogP contribution in [0.1, 0.15) is 45.4 Å². The van der Waals surface area contributed by atoms with Crippen molar-refractivity contribution >= 4 is 5.97 Å². The molecule has 1 atom stereocenters. The first-order valence-corrected chi connectivity index (χ1v) is 6.67. The maximum Gasteiger partial charge on any atom is 0.310 e. The summed E-state index contributed by atoms with van der Waals surface area (Å²) < 4.78 is 5.60. The lowest BCUT2D eigenvalue weighted by atomic mass is 9.89. The van der Waals surface area contributed by atoms with E-state index in [1.165, 1.54) is 12.8 Å². The second kappa shape index (κ2) is 5.67. The molecule has 2 fully saturated rings. The zero-order chi connectivity index (χ0) is 11.4. The average Bonchev–Trinajstić information content (AvgIpc) is 2.33. The van der Waals surface area contributed by atoms with Crippen LogP contribution >= 0.6 is 0 Å². The SMILES string of the molecule is CC1CCC(OC(=O)C2CCCNC2)CC1. The van der Waals surface area contributed by atoms with Gasteiger partial charge in [0.25, 0.3) is 0 Å². The van der Waals surface area contributed by atoms with Crippen LogP contribution in [0, 0.1) is 11.8 Å². The van der Waals surface area contributed by atoms with Crippen molar-refractivity contribution in [2.45, 2.75) is 51.6 Å². The highest BCUT2D eigenvalue weighted by molar-refractivity contribution is 5.73. The van der Waals surface area contributed by atoms with Gasteiger partial charge in [-0.3, -0.25) is 4.79 Å². The normalized spacial score (nSPS) is 35.7. The Morgan fingerprint density at radius 3 is 2.56 bits per heavy atom. The van der Waals surface area contributed by atoms with Gasteiger partial charge in [-0.05, 0) is 51.0 Å². The lowest BCUT2D eigenvalue weighted by molar-refractivity contribution is -0.156. The van der Waals surface area contributed by atoms with Gasteiger partial charge in [-0.25, -0.2) is 0 Å². The van der Waals surface area contributed by atoms with E-state index in [0.717, 1.165) is 44.7 Å². The fourth-order valence-electron chi connectivity index (χ4n) is 2.66. The van der Waals surface area contributed by atoms with Crippen molar-refractivity contribution in [2.24, 2.45) is 11.8 Å². The van der Waals surface area contributed by atoms with Gasteiger partial charge in [0.05, 0.1) is 5.92 Å². The molecule has 16 heavy (non-hydrogen) atoms. The predicted octanol–water partition coefficient (Wildman–Crippen LogP) is 2.11. The molecule has 0 aromatic rings. The summed E-state index contributed by atoms with van der Waals surface area (Å²) in [6, 6.07) is 0. The molecule has 1 saturated carbocycles. The van der Waals surface area contributed by atoms with Crippen molar-refractivity contribution in [3.05, 3.63) is 0 Å². The predicted molar refractivity (Wildman–Crippen MR) is 63.1 cm³/mol. The summed E-state index contributed by atoms with van der Waals surface area (Å²) in [5.41, 5.74) is 0. The maximum atomic E-state index is 11.9. The van der Waals surface area contributed by atoms with E-state index in [9.17, 15) is 4.79 Å². The first-order valence-electron chi connectivity index (χ1n) is 6.67. The quantitative estimate of drug-likeness (QED) is 0.731. The van der Waals surface area contributed by atoms with Crippen LogP contribution in [0.25, 0.3) is 0 Å². The summed E-state index contributed by atoms with van der Waals surface area (Å²) in [6.45, 7) is 4.13. The van der Waals surface area contributed by atoms with E-state index in [-0.39, 0.29) is 18.0 Å². The molecular formula is C13H23NO2. The summed E-state index contributed by atoms with van der Waals surface area (Å²) in [7, 11) is 0. The maximum absolute atomic E-state index is 11.9. The number of carbonyl (C=O) groups is 1. The molecule has 0 spiro atoms. The molecule has 1 unspecified atom stereocenters. The molecule has 0 amide bonds. The van der Waals surface area contributed by atoms with Crippen molar-refractivity contribution in [3.63, 3.8) is 0 Å². The molecule has 1 aliphatic carbocycles. The van der Waals surface area contributed by atoms with Crippen LogP contribution in [0.3, 0.4) is 0 Å². The van der Waals surface area contributed by atoms with Gasteiger partial charge >= 0.3 is 5.97 Å². The van der Waals surface area contributed by atoms with Gasteiger partial charge in [0.2, 0.25) is 0 Å². The zero-order valence-corrected chi connectivity index (χ0v) is 10.2. The van der Waals surface area contributed by atoms with E-state index in [1.54, 1.807) is 0 Å². The Balaban J connectivity index is 1.73. The molecule has 1 saturated heterocycles. The van der Waals surface area contributed by atoms with Gasteiger partial charge in [0.15, 0.2) is 0 Å². The summed E-state index contributed by atoms with van der Waals surface area (Å²) in [5, 5.41) is 3.26. The fourth-order valence-corrected chi connectivity index (χ4v) is 2.66. The van der Waals surface area contributed by atoms with Crippen molar-refractivity contribution in [1.82, 2.24) is 5.32 Å². The van der Waals surface area contributed by atoms with Crippen LogP contribution in [0.2, 0.25) is 0 Å². The standard InChI is InChI=1S/C13H23NO2/c1-10-4-6-12(7-5-10)16-13(15)11-3-2-8-14-9-11/h10-12,14H,2-9H2,1H3. The third-order valence-electron chi connectivity index (χ3n) is 3.88. The Kier molecular flexibility index (Phi) is 4.22. The Morgan fingerprint density at radius 2 is 1.94 bits per heavy atom. The van der Waals surface area contributed by atoms with Crippen LogP contribution in [0.15, 0.2) is 0 Å². The van der Waals surface area contributed by atoms with Crippen LogP contribution in [0.5, 0.6) is 0 Å². The number of hydrogen-bond acceptors (Lipinski definition) is 3. The van der Waals surface area contributed by atoms with E-state index < -0.39 is 0 Å². The Bertz CT molecular complexity index is 228. The third-order valence-corrected chi connectivity index (χ3v) is 3.88. The van der Waals surface area contributed by atoms with E-state index >= 15 is 0 Å². The molecule has 1 aliphatic heterocycles. The number of carbonyl (C=O) groups excluding carboxylic acids is 1. The zero-order valence-electron chi connectivity index (χ0n) is 10.2. The molecule has 3 heteroatoms. The van der Waals surface area contributed by atoms with Crippen LogP contribution in [0.4, 0.5) is 0 Å².